The molecule has 1 rings (SSSR count). The van der Waals surface area contributed by atoms with Crippen LogP contribution in [0.1, 0.15) is 16.7 Å². The summed E-state index contributed by atoms with van der Waals surface area (Å²) in [5.74, 6) is -0.872. The van der Waals surface area contributed by atoms with E-state index in [2.05, 4.69) is 4.74 Å². The largest absolute Gasteiger partial charge is 0.475 e. The number of nitro groups is 2. The maximum Gasteiger partial charge on any atom is 0.343 e. The Bertz CT molecular complexity index is 625. The molecule has 0 unspecified atom stereocenters. The van der Waals surface area contributed by atoms with Crippen molar-refractivity contribution in [1.82, 2.24) is 0 Å². The maximum atomic E-state index is 11.2. The van der Waals surface area contributed by atoms with Crippen LogP contribution in [0.25, 0.3) is 0 Å². The number of carbonyl (C=O) groups is 1. The van der Waals surface area contributed by atoms with Crippen LogP contribution in [-0.4, -0.2) is 29.5 Å². The summed E-state index contributed by atoms with van der Waals surface area (Å²) in [7, 11) is 1.15. The molecule has 0 heterocycles. The molecule has 21 heavy (non-hydrogen) atoms. The third-order valence-corrected chi connectivity index (χ3v) is 3.11. The molecule has 0 aliphatic heterocycles. The van der Waals surface area contributed by atoms with Crippen molar-refractivity contribution in [2.45, 2.75) is 20.8 Å². The highest BCUT2D eigenvalue weighted by atomic mass is 16.6. The van der Waals surface area contributed by atoms with E-state index in [-0.39, 0.29) is 28.1 Å². The minimum atomic E-state index is -0.763. The second-order valence-electron chi connectivity index (χ2n) is 4.28. The average Bonchev–Trinajstić information content (AvgIpc) is 2.39. The third-order valence-electron chi connectivity index (χ3n) is 3.11. The molecule has 0 amide bonds. The monoisotopic (exact) mass is 298 g/mol. The average molecular weight is 298 g/mol. The van der Waals surface area contributed by atoms with E-state index in [1.165, 1.54) is 20.8 Å². The third kappa shape index (κ3) is 3.07. The molecule has 0 atom stereocenters. The molecule has 0 bridgehead atoms. The van der Waals surface area contributed by atoms with Crippen molar-refractivity contribution in [2.75, 3.05) is 13.7 Å². The quantitative estimate of drug-likeness (QED) is 0.462. The van der Waals surface area contributed by atoms with Crippen LogP contribution in [0.2, 0.25) is 0 Å². The van der Waals surface area contributed by atoms with Crippen LogP contribution >= 0.6 is 0 Å². The van der Waals surface area contributed by atoms with Crippen molar-refractivity contribution in [1.29, 1.82) is 0 Å². The summed E-state index contributed by atoms with van der Waals surface area (Å²) in [6.45, 7) is 3.68. The zero-order valence-corrected chi connectivity index (χ0v) is 12.0. The van der Waals surface area contributed by atoms with Gasteiger partial charge < -0.3 is 9.47 Å². The fraction of sp³-hybridized carbons (Fsp3) is 0.417. The lowest BCUT2D eigenvalue weighted by atomic mass is 10.0. The number of benzene rings is 1. The molecule has 0 radical (unpaired) electrons. The minimum absolute atomic E-state index is 0.118. The number of hydrogen-bond acceptors (Lipinski definition) is 7. The van der Waals surface area contributed by atoms with Gasteiger partial charge in [-0.1, -0.05) is 0 Å². The Hall–Kier alpha value is -2.71. The highest BCUT2D eigenvalue weighted by Gasteiger charge is 2.32. The van der Waals surface area contributed by atoms with Gasteiger partial charge in [-0.25, -0.2) is 4.79 Å². The number of nitro benzene ring substituents is 2. The Balaban J connectivity index is 3.52. The first-order chi connectivity index (χ1) is 9.72. The van der Waals surface area contributed by atoms with Crippen LogP contribution in [0.4, 0.5) is 11.4 Å². The van der Waals surface area contributed by atoms with E-state index < -0.39 is 28.1 Å². The van der Waals surface area contributed by atoms with Gasteiger partial charge in [0.2, 0.25) is 5.75 Å². The van der Waals surface area contributed by atoms with Crippen LogP contribution in [0.15, 0.2) is 0 Å². The first-order valence-electron chi connectivity index (χ1n) is 5.84. The molecule has 0 N–H and O–H groups in total. The molecular weight excluding hydrogens is 284 g/mol. The molecule has 114 valence electrons. The summed E-state index contributed by atoms with van der Waals surface area (Å²) >= 11 is 0. The van der Waals surface area contributed by atoms with Gasteiger partial charge in [-0.05, 0) is 20.8 Å². The van der Waals surface area contributed by atoms with Crippen molar-refractivity contribution in [3.8, 4) is 5.75 Å². The molecule has 9 heteroatoms. The smallest absolute Gasteiger partial charge is 0.343 e. The van der Waals surface area contributed by atoms with Crippen LogP contribution in [0.5, 0.6) is 5.75 Å². The number of rotatable bonds is 5. The van der Waals surface area contributed by atoms with Gasteiger partial charge in [0.15, 0.2) is 6.61 Å². The second-order valence-corrected chi connectivity index (χ2v) is 4.28. The van der Waals surface area contributed by atoms with E-state index in [0.717, 1.165) is 7.11 Å². The van der Waals surface area contributed by atoms with E-state index in [0.29, 0.717) is 0 Å². The summed E-state index contributed by atoms with van der Waals surface area (Å²) in [6, 6.07) is 0. The first-order valence-corrected chi connectivity index (χ1v) is 5.84. The van der Waals surface area contributed by atoms with Crippen LogP contribution < -0.4 is 4.74 Å². The van der Waals surface area contributed by atoms with Gasteiger partial charge in [0.25, 0.3) is 5.69 Å². The summed E-state index contributed by atoms with van der Waals surface area (Å²) in [6.07, 6.45) is 0. The zero-order valence-electron chi connectivity index (χ0n) is 12.0. The van der Waals surface area contributed by atoms with Crippen molar-refractivity contribution < 1.29 is 24.1 Å². The van der Waals surface area contributed by atoms with Crippen LogP contribution in [0, 0.1) is 41.0 Å². The van der Waals surface area contributed by atoms with Crippen LogP contribution in [-0.2, 0) is 9.53 Å². The SMILES string of the molecule is COC(=O)COc1c(C)c(C)c([N+](=O)[O-])c(C)c1[N+](=O)[O-]. The fourth-order valence-corrected chi connectivity index (χ4v) is 1.95. The normalized spacial score (nSPS) is 10.1. The maximum absolute atomic E-state index is 11.2. The molecular formula is C12H14N2O7. The number of ether oxygens (including phenoxy) is 2. The Kier molecular flexibility index (Phi) is 4.79. The Morgan fingerprint density at radius 1 is 1.00 bits per heavy atom. The lowest BCUT2D eigenvalue weighted by Crippen LogP contribution is -2.15. The van der Waals surface area contributed by atoms with Gasteiger partial charge in [-0.15, -0.1) is 0 Å². The highest BCUT2D eigenvalue weighted by molar-refractivity contribution is 5.73. The van der Waals surface area contributed by atoms with Gasteiger partial charge in [-0.3, -0.25) is 20.2 Å². The van der Waals surface area contributed by atoms with E-state index in [1.54, 1.807) is 0 Å². The number of esters is 1. The molecule has 1 aromatic rings. The van der Waals surface area contributed by atoms with Crippen molar-refractivity contribution in [3.05, 3.63) is 36.9 Å². The predicted molar refractivity (Wildman–Crippen MR) is 71.5 cm³/mol. The predicted octanol–water partition coefficient (Wildman–Crippen LogP) is 1.98. The van der Waals surface area contributed by atoms with E-state index >= 15 is 0 Å². The molecule has 0 fully saturated rings. The van der Waals surface area contributed by atoms with Crippen molar-refractivity contribution in [3.63, 3.8) is 0 Å². The molecule has 0 aliphatic rings. The van der Waals surface area contributed by atoms with Crippen molar-refractivity contribution >= 4 is 17.3 Å². The van der Waals surface area contributed by atoms with Gasteiger partial charge in [0.05, 0.1) is 17.0 Å². The molecule has 0 aromatic heterocycles. The summed E-state index contributed by atoms with van der Waals surface area (Å²) in [4.78, 5) is 31.9. The number of hydrogen-bond donors (Lipinski definition) is 0. The first kappa shape index (κ1) is 16.3. The van der Waals surface area contributed by atoms with E-state index in [9.17, 15) is 25.0 Å². The molecule has 0 spiro atoms. The lowest BCUT2D eigenvalue weighted by molar-refractivity contribution is -0.396. The number of nitrogens with zero attached hydrogens (tertiary/aromatic N) is 2. The Morgan fingerprint density at radius 2 is 1.52 bits per heavy atom. The Labute approximate surface area is 119 Å². The van der Waals surface area contributed by atoms with Gasteiger partial charge in [0.1, 0.15) is 5.56 Å². The summed E-state index contributed by atoms with van der Waals surface area (Å²) in [5, 5.41) is 22.2. The number of methoxy groups -OCH3 is 1. The van der Waals surface area contributed by atoms with Gasteiger partial charge >= 0.3 is 11.7 Å². The molecule has 9 nitrogen and oxygen atoms in total. The fourth-order valence-electron chi connectivity index (χ4n) is 1.95. The number of carbonyl (C=O) groups excluding carboxylic acids is 1. The Morgan fingerprint density at radius 3 is 1.95 bits per heavy atom. The van der Waals surface area contributed by atoms with Gasteiger partial charge in [-0.2, -0.15) is 0 Å². The zero-order chi connectivity index (χ0) is 16.3. The lowest BCUT2D eigenvalue weighted by Gasteiger charge is -2.13. The minimum Gasteiger partial charge on any atom is -0.475 e. The van der Waals surface area contributed by atoms with E-state index in [4.69, 9.17) is 4.74 Å². The van der Waals surface area contributed by atoms with Crippen LogP contribution in [0.3, 0.4) is 0 Å². The molecule has 0 saturated carbocycles. The molecule has 0 saturated heterocycles. The summed E-state index contributed by atoms with van der Waals surface area (Å²) in [5.41, 5.74) is -0.475. The standard InChI is InChI=1S/C12H14N2O7/c1-6-7(2)12(21-5-9(15)20-4)11(14(18)19)8(3)10(6)13(16)17/h5H2,1-4H3. The molecule has 1 aromatic carbocycles. The van der Waals surface area contributed by atoms with E-state index in [1.807, 2.05) is 0 Å². The highest BCUT2D eigenvalue weighted by Crippen LogP contribution is 2.42. The van der Waals surface area contributed by atoms with Gasteiger partial charge in [0, 0.05) is 11.1 Å². The van der Waals surface area contributed by atoms with Crippen molar-refractivity contribution in [2.24, 2.45) is 0 Å². The molecule has 0 aliphatic carbocycles. The summed E-state index contributed by atoms with van der Waals surface area (Å²) < 4.78 is 9.53. The topological polar surface area (TPSA) is 122 Å². The second kappa shape index (κ2) is 6.16.